The van der Waals surface area contributed by atoms with Gasteiger partial charge in [-0.25, -0.2) is 0 Å². The van der Waals surface area contributed by atoms with Gasteiger partial charge in [-0.15, -0.1) is 0 Å². The van der Waals surface area contributed by atoms with E-state index < -0.39 is 6.04 Å². The second kappa shape index (κ2) is 9.70. The summed E-state index contributed by atoms with van der Waals surface area (Å²) in [7, 11) is 3.20. The van der Waals surface area contributed by atoms with Crippen molar-refractivity contribution < 1.29 is 19.1 Å². The Morgan fingerprint density at radius 1 is 0.944 bits per heavy atom. The molecule has 0 aromatic heterocycles. The van der Waals surface area contributed by atoms with Gasteiger partial charge in [-0.2, -0.15) is 0 Å². The normalized spacial score (nSPS) is 19.1. The standard InChI is InChI=1S/C29H27ClN2O4/c1-17(33)32-24-10-5-4-9-22(24)31-23-14-20(18-11-12-26(35-2)27(16-18)36-3)15-25(34)28(23)29(32)19-7-6-8-21(30)13-19/h4-13,16,20,29,31H,14-15H2,1-3H3/t20-,29+/m0/s1. The molecule has 1 N–H and O–H groups in total. The summed E-state index contributed by atoms with van der Waals surface area (Å²) in [5.41, 5.74) is 4.70. The van der Waals surface area contributed by atoms with Crippen LogP contribution in [0.25, 0.3) is 0 Å². The number of hydrogen-bond acceptors (Lipinski definition) is 5. The van der Waals surface area contributed by atoms with Gasteiger partial charge in [0.2, 0.25) is 5.91 Å². The smallest absolute Gasteiger partial charge is 0.224 e. The quantitative estimate of drug-likeness (QED) is 0.455. The van der Waals surface area contributed by atoms with E-state index in [1.54, 1.807) is 25.2 Å². The third-order valence-electron chi connectivity index (χ3n) is 6.87. The molecule has 184 valence electrons. The first-order valence-corrected chi connectivity index (χ1v) is 12.2. The van der Waals surface area contributed by atoms with E-state index in [2.05, 4.69) is 5.32 Å². The molecule has 0 fully saturated rings. The van der Waals surface area contributed by atoms with E-state index in [0.717, 1.165) is 28.2 Å². The van der Waals surface area contributed by atoms with Crippen LogP contribution < -0.4 is 19.7 Å². The predicted octanol–water partition coefficient (Wildman–Crippen LogP) is 6.28. The molecule has 0 saturated heterocycles. The summed E-state index contributed by atoms with van der Waals surface area (Å²) in [6.07, 6.45) is 0.919. The molecule has 0 radical (unpaired) electrons. The first-order chi connectivity index (χ1) is 17.4. The molecule has 7 heteroatoms. The minimum atomic E-state index is -0.591. The van der Waals surface area contributed by atoms with Gasteiger partial charge in [-0.05, 0) is 59.9 Å². The third-order valence-corrected chi connectivity index (χ3v) is 7.11. The number of fused-ring (bicyclic) bond motifs is 1. The van der Waals surface area contributed by atoms with Crippen LogP contribution >= 0.6 is 11.6 Å². The van der Waals surface area contributed by atoms with Crippen LogP contribution in [-0.4, -0.2) is 25.9 Å². The van der Waals surface area contributed by atoms with Crippen molar-refractivity contribution in [2.75, 3.05) is 24.4 Å². The first kappa shape index (κ1) is 23.9. The number of nitrogens with one attached hydrogen (secondary N) is 1. The number of allylic oxidation sites excluding steroid dienone is 1. The number of para-hydroxylation sites is 2. The molecule has 3 aromatic carbocycles. The van der Waals surface area contributed by atoms with E-state index in [0.29, 0.717) is 34.9 Å². The van der Waals surface area contributed by atoms with E-state index >= 15 is 0 Å². The van der Waals surface area contributed by atoms with Crippen molar-refractivity contribution in [3.05, 3.63) is 94.1 Å². The van der Waals surface area contributed by atoms with Gasteiger partial charge in [0.05, 0.1) is 31.6 Å². The lowest BCUT2D eigenvalue weighted by atomic mass is 9.78. The van der Waals surface area contributed by atoms with Gasteiger partial charge in [0.15, 0.2) is 17.3 Å². The largest absolute Gasteiger partial charge is 0.493 e. The van der Waals surface area contributed by atoms with Crippen LogP contribution in [0.5, 0.6) is 11.5 Å². The maximum absolute atomic E-state index is 13.9. The highest BCUT2D eigenvalue weighted by Gasteiger charge is 2.41. The first-order valence-electron chi connectivity index (χ1n) is 11.8. The summed E-state index contributed by atoms with van der Waals surface area (Å²) >= 11 is 6.36. The van der Waals surface area contributed by atoms with E-state index in [9.17, 15) is 9.59 Å². The van der Waals surface area contributed by atoms with Crippen molar-refractivity contribution in [3.63, 3.8) is 0 Å². The molecule has 1 aliphatic carbocycles. The van der Waals surface area contributed by atoms with Crippen LogP contribution in [0, 0.1) is 0 Å². The molecule has 2 atom stereocenters. The van der Waals surface area contributed by atoms with E-state index in [-0.39, 0.29) is 17.6 Å². The van der Waals surface area contributed by atoms with E-state index in [1.807, 2.05) is 60.7 Å². The van der Waals surface area contributed by atoms with Gasteiger partial charge in [0.1, 0.15) is 0 Å². The summed E-state index contributed by atoms with van der Waals surface area (Å²) < 4.78 is 10.9. The molecule has 36 heavy (non-hydrogen) atoms. The molecule has 0 bridgehead atoms. The number of ether oxygens (including phenoxy) is 2. The molecule has 0 unspecified atom stereocenters. The zero-order valence-corrected chi connectivity index (χ0v) is 21.1. The van der Waals surface area contributed by atoms with E-state index in [4.69, 9.17) is 21.1 Å². The number of nitrogens with zero attached hydrogens (tertiary/aromatic N) is 1. The maximum atomic E-state index is 13.9. The van der Waals surface area contributed by atoms with Crippen molar-refractivity contribution in [1.82, 2.24) is 0 Å². The number of halogens is 1. The molecular weight excluding hydrogens is 476 g/mol. The average Bonchev–Trinajstić information content (AvgIpc) is 3.03. The number of methoxy groups -OCH3 is 2. The van der Waals surface area contributed by atoms with Gasteiger partial charge in [-0.3, -0.25) is 14.5 Å². The molecule has 3 aromatic rings. The number of rotatable bonds is 4. The molecule has 0 saturated carbocycles. The molecule has 0 spiro atoms. The van der Waals surface area contributed by atoms with Crippen molar-refractivity contribution in [2.24, 2.45) is 0 Å². The molecule has 1 aliphatic heterocycles. The molecule has 1 amide bonds. The van der Waals surface area contributed by atoms with Gasteiger partial charge >= 0.3 is 0 Å². The highest BCUT2D eigenvalue weighted by Crippen LogP contribution is 2.48. The lowest BCUT2D eigenvalue weighted by Gasteiger charge is -2.34. The fraction of sp³-hybridized carbons (Fsp3) is 0.241. The van der Waals surface area contributed by atoms with Crippen molar-refractivity contribution in [3.8, 4) is 11.5 Å². The Hall–Kier alpha value is -3.77. The van der Waals surface area contributed by atoms with Crippen LogP contribution in [-0.2, 0) is 9.59 Å². The van der Waals surface area contributed by atoms with Crippen LogP contribution in [0.2, 0.25) is 5.02 Å². The Balaban J connectivity index is 1.67. The summed E-state index contributed by atoms with van der Waals surface area (Å²) in [4.78, 5) is 28.7. The topological polar surface area (TPSA) is 67.9 Å². The molecule has 2 aliphatic rings. The van der Waals surface area contributed by atoms with Gasteiger partial charge in [0.25, 0.3) is 0 Å². The van der Waals surface area contributed by atoms with Crippen molar-refractivity contribution >= 4 is 34.7 Å². The zero-order chi connectivity index (χ0) is 25.4. The summed E-state index contributed by atoms with van der Waals surface area (Å²) in [5.74, 6) is 1.05. The number of benzene rings is 3. The minimum absolute atomic E-state index is 0.00688. The fourth-order valence-electron chi connectivity index (χ4n) is 5.27. The van der Waals surface area contributed by atoms with Crippen LogP contribution in [0.4, 0.5) is 11.4 Å². The molecular formula is C29H27ClN2O4. The number of Topliss-reactive ketones (excluding diaryl/α,β-unsaturated/α-hetero) is 1. The zero-order valence-electron chi connectivity index (χ0n) is 20.4. The van der Waals surface area contributed by atoms with Crippen LogP contribution in [0.3, 0.4) is 0 Å². The van der Waals surface area contributed by atoms with Crippen molar-refractivity contribution in [2.45, 2.75) is 31.7 Å². The summed E-state index contributed by atoms with van der Waals surface area (Å²) in [6, 6.07) is 20.2. The Labute approximate surface area is 215 Å². The average molecular weight is 503 g/mol. The maximum Gasteiger partial charge on any atom is 0.224 e. The SMILES string of the molecule is COc1ccc([C@@H]2CC(=O)C3=C(C2)Nc2ccccc2N(C(C)=O)[C@@H]3c2cccc(Cl)c2)cc1OC. The van der Waals surface area contributed by atoms with E-state index in [1.165, 1.54) is 6.92 Å². The molecule has 1 heterocycles. The van der Waals surface area contributed by atoms with Crippen molar-refractivity contribution in [1.29, 1.82) is 0 Å². The Bertz CT molecular complexity index is 1380. The second-order valence-electron chi connectivity index (χ2n) is 9.02. The monoisotopic (exact) mass is 502 g/mol. The number of carbonyl (C=O) groups is 2. The highest BCUT2D eigenvalue weighted by atomic mass is 35.5. The number of anilines is 2. The second-order valence-corrected chi connectivity index (χ2v) is 9.46. The summed E-state index contributed by atoms with van der Waals surface area (Å²) in [5, 5.41) is 4.07. The van der Waals surface area contributed by atoms with Gasteiger partial charge in [0, 0.05) is 29.6 Å². The van der Waals surface area contributed by atoms with Crippen LogP contribution in [0.1, 0.15) is 42.9 Å². The Morgan fingerprint density at radius 3 is 2.44 bits per heavy atom. The Morgan fingerprint density at radius 2 is 1.72 bits per heavy atom. The third kappa shape index (κ3) is 4.22. The Kier molecular flexibility index (Phi) is 6.46. The lowest BCUT2D eigenvalue weighted by Crippen LogP contribution is -2.37. The van der Waals surface area contributed by atoms with Crippen LogP contribution in [0.15, 0.2) is 78.0 Å². The number of ketones is 1. The lowest BCUT2D eigenvalue weighted by molar-refractivity contribution is -0.117. The highest BCUT2D eigenvalue weighted by molar-refractivity contribution is 6.30. The number of hydrogen-bond donors (Lipinski definition) is 1. The fourth-order valence-corrected chi connectivity index (χ4v) is 5.47. The van der Waals surface area contributed by atoms with Gasteiger partial charge in [-0.1, -0.05) is 41.9 Å². The van der Waals surface area contributed by atoms with Gasteiger partial charge < -0.3 is 14.8 Å². The number of carbonyl (C=O) groups excluding carboxylic acids is 2. The number of amides is 1. The molecule has 5 rings (SSSR count). The summed E-state index contributed by atoms with van der Waals surface area (Å²) in [6.45, 7) is 1.53. The minimum Gasteiger partial charge on any atom is -0.493 e. The molecule has 6 nitrogen and oxygen atoms in total. The predicted molar refractivity (Wildman–Crippen MR) is 141 cm³/mol.